The number of amides is 1. The molecule has 14 heteroatoms. The minimum atomic E-state index is -4.54. The standard InChI is InChI=1S/C24H22F3N5O4S2/c25-24(26,27)17-4-5-20(21(12-17)15-6-9-31(10-7-15)23(33)34)19-3-1-2-16-13-32(11-8-18(16)19)38(35,36)30-22-28-14-29-37-22/h1-6,12,14H,7-11,13H2,(H,33,34)(H,28,29,30). The summed E-state index contributed by atoms with van der Waals surface area (Å²) in [5.41, 5.74) is 3.17. The lowest BCUT2D eigenvalue weighted by atomic mass is 9.85. The number of anilines is 1. The fraction of sp³-hybridized carbons (Fsp3) is 0.292. The second-order valence-electron chi connectivity index (χ2n) is 8.85. The number of fused-ring (bicyclic) bond motifs is 1. The average Bonchev–Trinajstić information content (AvgIpc) is 3.39. The van der Waals surface area contributed by atoms with E-state index in [1.807, 2.05) is 6.07 Å². The number of carboxylic acid groups (broad SMARTS) is 1. The van der Waals surface area contributed by atoms with Crippen LogP contribution in [-0.4, -0.2) is 57.8 Å². The second-order valence-corrected chi connectivity index (χ2v) is 11.3. The lowest BCUT2D eigenvalue weighted by Gasteiger charge is -2.30. The van der Waals surface area contributed by atoms with Gasteiger partial charge in [0.05, 0.1) is 5.56 Å². The molecule has 2 aromatic carbocycles. The van der Waals surface area contributed by atoms with Gasteiger partial charge in [0.25, 0.3) is 0 Å². The molecule has 0 spiro atoms. The summed E-state index contributed by atoms with van der Waals surface area (Å²) < 4.78 is 74.1. The number of aromatic nitrogens is 2. The van der Waals surface area contributed by atoms with Gasteiger partial charge in [-0.1, -0.05) is 30.3 Å². The van der Waals surface area contributed by atoms with Gasteiger partial charge in [-0.3, -0.25) is 0 Å². The van der Waals surface area contributed by atoms with Crippen LogP contribution in [0, 0.1) is 0 Å². The predicted octanol–water partition coefficient (Wildman–Crippen LogP) is 4.71. The van der Waals surface area contributed by atoms with Crippen LogP contribution >= 0.6 is 11.5 Å². The molecule has 1 amide bonds. The van der Waals surface area contributed by atoms with Gasteiger partial charge in [-0.15, -0.1) is 0 Å². The van der Waals surface area contributed by atoms with E-state index in [4.69, 9.17) is 0 Å². The summed E-state index contributed by atoms with van der Waals surface area (Å²) in [6, 6.07) is 8.98. The number of hydrogen-bond donors (Lipinski definition) is 2. The van der Waals surface area contributed by atoms with E-state index >= 15 is 0 Å². The van der Waals surface area contributed by atoms with Crippen LogP contribution < -0.4 is 4.72 Å². The Bertz CT molecular complexity index is 1510. The Balaban J connectivity index is 1.52. The van der Waals surface area contributed by atoms with Crippen LogP contribution in [0.1, 0.15) is 28.7 Å². The molecule has 1 aromatic heterocycles. The molecule has 0 fully saturated rings. The second kappa shape index (κ2) is 10.0. The number of carbonyl (C=O) groups is 1. The fourth-order valence-corrected chi connectivity index (χ4v) is 6.54. The summed E-state index contributed by atoms with van der Waals surface area (Å²) in [6.07, 6.45) is -2.08. The van der Waals surface area contributed by atoms with Crippen molar-refractivity contribution in [1.82, 2.24) is 18.6 Å². The zero-order valence-corrected chi connectivity index (χ0v) is 21.4. The van der Waals surface area contributed by atoms with Crippen molar-refractivity contribution >= 4 is 38.5 Å². The highest BCUT2D eigenvalue weighted by Crippen LogP contribution is 2.40. The van der Waals surface area contributed by atoms with Gasteiger partial charge >= 0.3 is 22.5 Å². The third kappa shape index (κ3) is 5.24. The van der Waals surface area contributed by atoms with Crippen molar-refractivity contribution in [3.8, 4) is 11.1 Å². The van der Waals surface area contributed by atoms with Gasteiger partial charge < -0.3 is 10.0 Å². The van der Waals surface area contributed by atoms with Crippen LogP contribution in [0.2, 0.25) is 0 Å². The summed E-state index contributed by atoms with van der Waals surface area (Å²) in [7, 11) is -3.88. The normalized spacial score (nSPS) is 16.6. The minimum absolute atomic E-state index is 0.0850. The molecule has 2 aliphatic heterocycles. The number of nitrogens with zero attached hydrogens (tertiary/aromatic N) is 4. The fourth-order valence-electron chi connectivity index (χ4n) is 4.74. The summed E-state index contributed by atoms with van der Waals surface area (Å²) in [4.78, 5) is 16.4. The number of halogens is 3. The third-order valence-electron chi connectivity index (χ3n) is 6.61. The first-order valence-corrected chi connectivity index (χ1v) is 13.8. The van der Waals surface area contributed by atoms with Crippen molar-refractivity contribution in [3.63, 3.8) is 0 Å². The van der Waals surface area contributed by atoms with Gasteiger partial charge in [0.2, 0.25) is 5.13 Å². The Morgan fingerprint density at radius 2 is 1.89 bits per heavy atom. The SMILES string of the molecule is O=C(O)N1CC=C(c2cc(C(F)(F)F)ccc2-c2cccc3c2CCN(S(=O)(=O)Nc2ncns2)C3)CC1. The first kappa shape index (κ1) is 26.1. The number of alkyl halides is 3. The van der Waals surface area contributed by atoms with Crippen LogP contribution in [-0.2, 0) is 29.4 Å². The maximum atomic E-state index is 13.6. The number of rotatable bonds is 5. The number of hydrogen-bond acceptors (Lipinski definition) is 6. The summed E-state index contributed by atoms with van der Waals surface area (Å²) >= 11 is 0.920. The van der Waals surface area contributed by atoms with Crippen LogP contribution in [0.15, 0.2) is 48.8 Å². The molecule has 2 aliphatic rings. The van der Waals surface area contributed by atoms with Gasteiger partial charge in [-0.2, -0.15) is 30.3 Å². The lowest BCUT2D eigenvalue weighted by Crippen LogP contribution is -2.39. The lowest BCUT2D eigenvalue weighted by molar-refractivity contribution is -0.137. The van der Waals surface area contributed by atoms with Crippen molar-refractivity contribution < 1.29 is 31.5 Å². The highest BCUT2D eigenvalue weighted by Gasteiger charge is 2.33. The highest BCUT2D eigenvalue weighted by molar-refractivity contribution is 7.90. The maximum Gasteiger partial charge on any atom is 0.416 e. The average molecular weight is 566 g/mol. The predicted molar refractivity (Wildman–Crippen MR) is 136 cm³/mol. The van der Waals surface area contributed by atoms with E-state index in [-0.39, 0.29) is 37.7 Å². The Labute approximate surface area is 220 Å². The van der Waals surface area contributed by atoms with Crippen LogP contribution in [0.25, 0.3) is 16.7 Å². The van der Waals surface area contributed by atoms with Crippen molar-refractivity contribution in [3.05, 3.63) is 71.1 Å². The topological polar surface area (TPSA) is 116 Å². The van der Waals surface area contributed by atoms with Gasteiger partial charge in [0, 0.05) is 37.7 Å². The summed E-state index contributed by atoms with van der Waals surface area (Å²) in [6.45, 7) is 0.522. The largest absolute Gasteiger partial charge is 0.465 e. The van der Waals surface area contributed by atoms with Gasteiger partial charge in [0.15, 0.2) is 0 Å². The molecule has 0 saturated heterocycles. The van der Waals surface area contributed by atoms with Crippen LogP contribution in [0.3, 0.4) is 0 Å². The number of nitrogens with one attached hydrogen (secondary N) is 1. The zero-order chi connectivity index (χ0) is 27.1. The molecule has 0 atom stereocenters. The molecule has 0 saturated carbocycles. The maximum absolute atomic E-state index is 13.6. The smallest absolute Gasteiger partial charge is 0.416 e. The van der Waals surface area contributed by atoms with Crippen molar-refractivity contribution in [2.45, 2.75) is 25.6 Å². The molecule has 3 heterocycles. The quantitative estimate of drug-likeness (QED) is 0.463. The summed E-state index contributed by atoms with van der Waals surface area (Å²) in [5.74, 6) is 0. The Morgan fingerprint density at radius 3 is 2.55 bits per heavy atom. The van der Waals surface area contributed by atoms with Gasteiger partial charge in [0.1, 0.15) is 6.33 Å². The molecule has 200 valence electrons. The highest BCUT2D eigenvalue weighted by atomic mass is 32.2. The molecule has 0 radical (unpaired) electrons. The molecule has 0 bridgehead atoms. The molecule has 0 aliphatic carbocycles. The van der Waals surface area contributed by atoms with E-state index in [0.29, 0.717) is 23.1 Å². The molecule has 3 aromatic rings. The molecule has 9 nitrogen and oxygen atoms in total. The Kier molecular flexibility index (Phi) is 6.88. The number of benzene rings is 2. The van der Waals surface area contributed by atoms with Crippen LogP contribution in [0.4, 0.5) is 23.1 Å². The zero-order valence-electron chi connectivity index (χ0n) is 19.8. The minimum Gasteiger partial charge on any atom is -0.465 e. The van der Waals surface area contributed by atoms with Crippen molar-refractivity contribution in [1.29, 1.82) is 0 Å². The van der Waals surface area contributed by atoms with E-state index in [2.05, 4.69) is 14.1 Å². The summed E-state index contributed by atoms with van der Waals surface area (Å²) in [5, 5.41) is 9.41. The third-order valence-corrected chi connectivity index (χ3v) is 8.76. The first-order valence-electron chi connectivity index (χ1n) is 11.6. The molecule has 5 rings (SSSR count). The monoisotopic (exact) mass is 565 g/mol. The van der Waals surface area contributed by atoms with E-state index in [1.54, 1.807) is 18.2 Å². The molecule has 2 N–H and O–H groups in total. The first-order chi connectivity index (χ1) is 18.0. The van der Waals surface area contributed by atoms with E-state index in [0.717, 1.165) is 40.4 Å². The van der Waals surface area contributed by atoms with E-state index in [9.17, 15) is 31.5 Å². The van der Waals surface area contributed by atoms with E-state index < -0.39 is 28.0 Å². The Morgan fingerprint density at radius 1 is 1.08 bits per heavy atom. The molecular formula is C24H22F3N5O4S2. The van der Waals surface area contributed by atoms with Gasteiger partial charge in [-0.05, 0) is 58.4 Å². The molecular weight excluding hydrogens is 543 g/mol. The Hall–Kier alpha value is -3.49. The van der Waals surface area contributed by atoms with E-state index in [1.165, 1.54) is 21.6 Å². The van der Waals surface area contributed by atoms with Crippen LogP contribution in [0.5, 0.6) is 0 Å². The van der Waals surface area contributed by atoms with Crippen molar-refractivity contribution in [2.75, 3.05) is 24.4 Å². The van der Waals surface area contributed by atoms with Gasteiger partial charge in [-0.25, -0.2) is 14.5 Å². The molecule has 38 heavy (non-hydrogen) atoms. The van der Waals surface area contributed by atoms with Crippen molar-refractivity contribution in [2.24, 2.45) is 0 Å². The molecule has 0 unspecified atom stereocenters.